The fraction of sp³-hybridized carbons (Fsp3) is 0.103. The van der Waals surface area contributed by atoms with Crippen LogP contribution in [-0.4, -0.2) is 34.4 Å². The van der Waals surface area contributed by atoms with Crippen molar-refractivity contribution in [1.29, 1.82) is 0 Å². The Morgan fingerprint density at radius 2 is 1.32 bits per heavy atom. The van der Waals surface area contributed by atoms with Gasteiger partial charge in [0, 0.05) is 11.3 Å². The van der Waals surface area contributed by atoms with E-state index in [4.69, 9.17) is 9.47 Å². The van der Waals surface area contributed by atoms with Crippen LogP contribution in [0.1, 0.15) is 21.5 Å². The molecule has 0 fully saturated rings. The summed E-state index contributed by atoms with van der Waals surface area (Å²) in [5.41, 5.74) is 3.12. The van der Waals surface area contributed by atoms with Gasteiger partial charge in [-0.25, -0.2) is 13.4 Å². The second-order valence-electron chi connectivity index (χ2n) is 8.11. The highest BCUT2D eigenvalue weighted by molar-refractivity contribution is 7.91. The first kappa shape index (κ1) is 25.7. The van der Waals surface area contributed by atoms with Gasteiger partial charge in [-0.15, -0.1) is 0 Å². The average Bonchev–Trinajstić information content (AvgIpc) is 2.92. The Morgan fingerprint density at radius 3 is 1.92 bits per heavy atom. The number of carbonyl (C=O) groups is 1. The quantitative estimate of drug-likeness (QED) is 0.248. The van der Waals surface area contributed by atoms with Crippen LogP contribution in [0.15, 0.2) is 112 Å². The number of nitrogens with zero attached hydrogens (tertiary/aromatic N) is 1. The molecule has 0 aromatic heterocycles. The van der Waals surface area contributed by atoms with E-state index in [9.17, 15) is 13.2 Å². The zero-order chi connectivity index (χ0) is 26.4. The molecule has 4 rings (SSSR count). The van der Waals surface area contributed by atoms with E-state index in [1.807, 2.05) is 37.3 Å². The number of rotatable bonds is 7. The van der Waals surface area contributed by atoms with E-state index in [2.05, 4.69) is 10.3 Å². The van der Waals surface area contributed by atoms with Crippen molar-refractivity contribution < 1.29 is 22.7 Å². The van der Waals surface area contributed by atoms with Crippen molar-refractivity contribution in [2.45, 2.75) is 16.7 Å². The number of sulfone groups is 1. The molecule has 0 unspecified atom stereocenters. The average molecular weight is 515 g/mol. The van der Waals surface area contributed by atoms with E-state index in [1.165, 1.54) is 31.4 Å². The maximum absolute atomic E-state index is 13.2. The van der Waals surface area contributed by atoms with Crippen molar-refractivity contribution in [2.75, 3.05) is 19.5 Å². The van der Waals surface area contributed by atoms with E-state index in [1.54, 1.807) is 49.6 Å². The number of amides is 1. The van der Waals surface area contributed by atoms with Gasteiger partial charge in [-0.3, -0.25) is 4.79 Å². The first-order valence-electron chi connectivity index (χ1n) is 11.4. The van der Waals surface area contributed by atoms with Gasteiger partial charge in [-0.1, -0.05) is 30.3 Å². The Hall–Kier alpha value is -4.43. The highest BCUT2D eigenvalue weighted by Gasteiger charge is 2.18. The Morgan fingerprint density at radius 1 is 0.757 bits per heavy atom. The summed E-state index contributed by atoms with van der Waals surface area (Å²) in [6, 6.07) is 26.9. The number of nitrogens with one attached hydrogen (secondary N) is 1. The minimum absolute atomic E-state index is 0.115. The molecule has 0 saturated heterocycles. The lowest BCUT2D eigenvalue weighted by Crippen LogP contribution is -2.13. The molecule has 0 bridgehead atoms. The van der Waals surface area contributed by atoms with Gasteiger partial charge >= 0.3 is 0 Å². The molecule has 0 aliphatic rings. The molecule has 0 atom stereocenters. The SMILES string of the molecule is COC(=Nc1ccc(S(=O)(=O)c2ccc(NC(=O)c3ccccc3C)cc2)cc1)c1ccccc1OC. The Labute approximate surface area is 216 Å². The summed E-state index contributed by atoms with van der Waals surface area (Å²) in [5.74, 6) is 0.700. The summed E-state index contributed by atoms with van der Waals surface area (Å²) in [4.78, 5) is 17.3. The lowest BCUT2D eigenvalue weighted by atomic mass is 10.1. The van der Waals surface area contributed by atoms with E-state index >= 15 is 0 Å². The topological polar surface area (TPSA) is 94.1 Å². The summed E-state index contributed by atoms with van der Waals surface area (Å²) < 4.78 is 37.1. The molecule has 0 aliphatic heterocycles. The Kier molecular flexibility index (Phi) is 7.69. The van der Waals surface area contributed by atoms with E-state index in [-0.39, 0.29) is 15.7 Å². The third-order valence-corrected chi connectivity index (χ3v) is 7.51. The van der Waals surface area contributed by atoms with Gasteiger partial charge in [0.2, 0.25) is 15.7 Å². The number of hydrogen-bond acceptors (Lipinski definition) is 6. The van der Waals surface area contributed by atoms with Crippen LogP contribution in [0.4, 0.5) is 11.4 Å². The molecule has 1 N–H and O–H groups in total. The minimum Gasteiger partial charge on any atom is -0.496 e. The number of methoxy groups -OCH3 is 2. The predicted molar refractivity (Wildman–Crippen MR) is 144 cm³/mol. The molecule has 188 valence electrons. The van der Waals surface area contributed by atoms with Crippen molar-refractivity contribution in [3.8, 4) is 5.75 Å². The highest BCUT2D eigenvalue weighted by atomic mass is 32.2. The van der Waals surface area contributed by atoms with Crippen LogP contribution in [-0.2, 0) is 14.6 Å². The monoisotopic (exact) mass is 514 g/mol. The molecule has 37 heavy (non-hydrogen) atoms. The van der Waals surface area contributed by atoms with E-state index in [0.29, 0.717) is 34.1 Å². The normalized spacial score (nSPS) is 11.6. The minimum atomic E-state index is -3.77. The van der Waals surface area contributed by atoms with Crippen LogP contribution in [0.5, 0.6) is 5.75 Å². The van der Waals surface area contributed by atoms with Crippen LogP contribution in [0.2, 0.25) is 0 Å². The lowest BCUT2D eigenvalue weighted by molar-refractivity contribution is 0.102. The van der Waals surface area contributed by atoms with Crippen LogP contribution in [0.3, 0.4) is 0 Å². The predicted octanol–water partition coefficient (Wildman–Crippen LogP) is 5.81. The van der Waals surface area contributed by atoms with Gasteiger partial charge in [0.05, 0.1) is 35.3 Å². The molecule has 0 spiro atoms. The van der Waals surface area contributed by atoms with Gasteiger partial charge in [0.15, 0.2) is 0 Å². The zero-order valence-corrected chi connectivity index (χ0v) is 21.5. The lowest BCUT2D eigenvalue weighted by Gasteiger charge is -2.10. The molecule has 7 nitrogen and oxygen atoms in total. The van der Waals surface area contributed by atoms with Gasteiger partial charge in [-0.05, 0) is 79.2 Å². The fourth-order valence-electron chi connectivity index (χ4n) is 3.73. The second-order valence-corrected chi connectivity index (χ2v) is 10.1. The van der Waals surface area contributed by atoms with Crippen molar-refractivity contribution in [3.63, 3.8) is 0 Å². The highest BCUT2D eigenvalue weighted by Crippen LogP contribution is 2.26. The van der Waals surface area contributed by atoms with E-state index in [0.717, 1.165) is 5.56 Å². The third kappa shape index (κ3) is 5.70. The number of aliphatic imine (C=N–C) groups is 1. The number of para-hydroxylation sites is 1. The molecule has 4 aromatic rings. The molecule has 4 aromatic carbocycles. The van der Waals surface area contributed by atoms with Crippen LogP contribution in [0, 0.1) is 6.92 Å². The number of aryl methyl sites for hydroxylation is 1. The van der Waals surface area contributed by atoms with Gasteiger partial charge in [0.1, 0.15) is 5.75 Å². The summed E-state index contributed by atoms with van der Waals surface area (Å²) in [6.45, 7) is 1.86. The number of carbonyl (C=O) groups excluding carboxylic acids is 1. The summed E-state index contributed by atoms with van der Waals surface area (Å²) in [6.07, 6.45) is 0. The van der Waals surface area contributed by atoms with Crippen molar-refractivity contribution in [3.05, 3.63) is 114 Å². The molecular weight excluding hydrogens is 488 g/mol. The maximum Gasteiger partial charge on any atom is 0.255 e. The second kappa shape index (κ2) is 11.1. The van der Waals surface area contributed by atoms with Crippen LogP contribution in [0.25, 0.3) is 0 Å². The fourth-order valence-corrected chi connectivity index (χ4v) is 4.99. The van der Waals surface area contributed by atoms with Crippen molar-refractivity contribution in [2.24, 2.45) is 4.99 Å². The number of hydrogen-bond donors (Lipinski definition) is 1. The number of ether oxygens (including phenoxy) is 2. The van der Waals surface area contributed by atoms with Gasteiger partial charge < -0.3 is 14.8 Å². The van der Waals surface area contributed by atoms with Crippen LogP contribution < -0.4 is 10.1 Å². The molecule has 8 heteroatoms. The Balaban J connectivity index is 1.52. The summed E-state index contributed by atoms with van der Waals surface area (Å²) in [5, 5.41) is 2.80. The van der Waals surface area contributed by atoms with Crippen molar-refractivity contribution in [1.82, 2.24) is 0 Å². The third-order valence-electron chi connectivity index (χ3n) is 5.72. The largest absolute Gasteiger partial charge is 0.496 e. The smallest absolute Gasteiger partial charge is 0.255 e. The molecule has 0 radical (unpaired) electrons. The molecule has 0 aliphatic carbocycles. The zero-order valence-electron chi connectivity index (χ0n) is 20.6. The molecular formula is C29H26N2O5S. The maximum atomic E-state index is 13.2. The van der Waals surface area contributed by atoms with E-state index < -0.39 is 9.84 Å². The van der Waals surface area contributed by atoms with Gasteiger partial charge in [0.25, 0.3) is 5.91 Å². The number of benzene rings is 4. The summed E-state index contributed by atoms with van der Waals surface area (Å²) >= 11 is 0. The molecule has 0 saturated carbocycles. The standard InChI is InChI=1S/C29H26N2O5S/c1-20-8-4-5-9-25(20)28(32)30-21-12-16-23(17-13-21)37(33,34)24-18-14-22(15-19-24)31-29(36-3)26-10-6-7-11-27(26)35-2/h4-19H,1-3H3,(H,30,32). The molecule has 1 amide bonds. The molecule has 0 heterocycles. The first-order chi connectivity index (χ1) is 17.8. The number of anilines is 1. The van der Waals surface area contributed by atoms with Crippen LogP contribution >= 0.6 is 0 Å². The first-order valence-corrected chi connectivity index (χ1v) is 12.9. The Bertz CT molecular complexity index is 1540. The summed E-state index contributed by atoms with van der Waals surface area (Å²) in [7, 11) is -0.692. The van der Waals surface area contributed by atoms with Gasteiger partial charge in [-0.2, -0.15) is 0 Å². The van der Waals surface area contributed by atoms with Crippen molar-refractivity contribution >= 4 is 33.0 Å².